The van der Waals surface area contributed by atoms with Crippen molar-refractivity contribution in [3.8, 4) is 0 Å². The number of imidazole rings is 1. The molecule has 0 aliphatic heterocycles. The van der Waals surface area contributed by atoms with E-state index in [4.69, 9.17) is 0 Å². The highest BCUT2D eigenvalue weighted by Crippen LogP contribution is 2.34. The van der Waals surface area contributed by atoms with Gasteiger partial charge in [-0.15, -0.1) is 0 Å². The topological polar surface area (TPSA) is 123 Å². The van der Waals surface area contributed by atoms with Gasteiger partial charge in [-0.1, -0.05) is 36.4 Å². The zero-order valence-corrected chi connectivity index (χ0v) is 16.4. The number of para-hydroxylation sites is 1. The zero-order valence-electron chi connectivity index (χ0n) is 15.6. The molecule has 1 aliphatic rings. The van der Waals surface area contributed by atoms with Crippen LogP contribution in [-0.4, -0.2) is 31.6 Å². The van der Waals surface area contributed by atoms with Crippen LogP contribution in [0.1, 0.15) is 42.2 Å². The predicted octanol–water partition coefficient (Wildman–Crippen LogP) is 4.18. The van der Waals surface area contributed by atoms with Gasteiger partial charge in [0.05, 0.1) is 21.5 Å². The number of aromatic nitrogens is 2. The number of aromatic amines is 1. The Balaban J connectivity index is 1.57. The van der Waals surface area contributed by atoms with E-state index in [0.29, 0.717) is 33.9 Å². The van der Waals surface area contributed by atoms with Crippen molar-refractivity contribution in [2.45, 2.75) is 5.16 Å². The molecule has 0 bridgehead atoms. The predicted molar refractivity (Wildman–Crippen MR) is 113 cm³/mol. The van der Waals surface area contributed by atoms with Crippen LogP contribution in [0.15, 0.2) is 65.8 Å². The minimum Gasteiger partial charge on any atom is -0.332 e. The van der Waals surface area contributed by atoms with Gasteiger partial charge in [-0.3, -0.25) is 24.5 Å². The first-order valence-corrected chi connectivity index (χ1v) is 9.94. The molecule has 150 valence electrons. The van der Waals surface area contributed by atoms with Crippen LogP contribution in [0.3, 0.4) is 0 Å². The number of benzene rings is 3. The van der Waals surface area contributed by atoms with Gasteiger partial charge < -0.3 is 4.98 Å². The van der Waals surface area contributed by atoms with E-state index >= 15 is 0 Å². The number of nitrogens with one attached hydrogen (secondary N) is 1. The summed E-state index contributed by atoms with van der Waals surface area (Å²) in [6, 6.07) is 15.4. The molecule has 1 aromatic heterocycles. The number of hydrogen-bond acceptors (Lipinski definition) is 7. The summed E-state index contributed by atoms with van der Waals surface area (Å²) in [5, 5.41) is 10.8. The van der Waals surface area contributed by atoms with Crippen molar-refractivity contribution < 1.29 is 19.3 Å². The second-order valence-corrected chi connectivity index (χ2v) is 7.75. The van der Waals surface area contributed by atoms with Gasteiger partial charge in [0.15, 0.2) is 16.7 Å². The smallest absolute Gasteiger partial charge is 0.281 e. The molecule has 8 nitrogen and oxygen atoms in total. The molecule has 31 heavy (non-hydrogen) atoms. The van der Waals surface area contributed by atoms with E-state index in [1.807, 2.05) is 0 Å². The number of carbonyl (C=O) groups is 3. The molecule has 0 spiro atoms. The van der Waals surface area contributed by atoms with E-state index in [1.165, 1.54) is 24.3 Å². The van der Waals surface area contributed by atoms with Gasteiger partial charge in [0.2, 0.25) is 5.12 Å². The fourth-order valence-corrected chi connectivity index (χ4v) is 4.39. The lowest BCUT2D eigenvalue weighted by molar-refractivity contribution is -0.385. The molecule has 0 radical (unpaired) electrons. The number of hydrogen-bond donors (Lipinski definition) is 1. The first-order valence-electron chi connectivity index (χ1n) is 9.12. The summed E-state index contributed by atoms with van der Waals surface area (Å²) in [6.07, 6.45) is 0. The average molecular weight is 429 g/mol. The highest BCUT2D eigenvalue weighted by atomic mass is 32.2. The molecule has 0 unspecified atom stereocenters. The maximum absolute atomic E-state index is 13.1. The van der Waals surface area contributed by atoms with Crippen LogP contribution < -0.4 is 0 Å². The van der Waals surface area contributed by atoms with E-state index in [9.17, 15) is 24.5 Å². The van der Waals surface area contributed by atoms with Crippen molar-refractivity contribution in [2.24, 2.45) is 0 Å². The molecule has 0 saturated carbocycles. The Morgan fingerprint density at radius 2 is 1.58 bits per heavy atom. The lowest BCUT2D eigenvalue weighted by Gasteiger charge is -2.17. The van der Waals surface area contributed by atoms with E-state index in [-0.39, 0.29) is 39.1 Å². The minimum atomic E-state index is -0.621. The molecule has 9 heteroatoms. The molecule has 0 fully saturated rings. The SMILES string of the molecule is O=C(Sc1nc2ccc3c(c2[nH]1)C(=O)c1ccccc1C3=O)c1ccccc1[N+](=O)[O-]. The van der Waals surface area contributed by atoms with Crippen LogP contribution in [-0.2, 0) is 0 Å². The van der Waals surface area contributed by atoms with Crippen molar-refractivity contribution in [2.75, 3.05) is 0 Å². The van der Waals surface area contributed by atoms with Gasteiger partial charge in [-0.05, 0) is 30.0 Å². The molecular formula is C22H11N3O5S. The highest BCUT2D eigenvalue weighted by molar-refractivity contribution is 8.14. The Morgan fingerprint density at radius 1 is 0.903 bits per heavy atom. The van der Waals surface area contributed by atoms with Crippen molar-refractivity contribution in [3.05, 3.63) is 98.6 Å². The van der Waals surface area contributed by atoms with Gasteiger partial charge in [-0.2, -0.15) is 0 Å². The lowest BCUT2D eigenvalue weighted by atomic mass is 9.83. The summed E-state index contributed by atoms with van der Waals surface area (Å²) in [5.41, 5.74) is 1.54. The summed E-state index contributed by atoms with van der Waals surface area (Å²) in [4.78, 5) is 56.5. The third kappa shape index (κ3) is 2.94. The summed E-state index contributed by atoms with van der Waals surface area (Å²) in [5.74, 6) is -0.562. The average Bonchev–Trinajstić information content (AvgIpc) is 3.19. The summed E-state index contributed by atoms with van der Waals surface area (Å²) in [7, 11) is 0. The standard InChI is InChI=1S/C22H11N3O5S/c26-19-11-5-1-2-6-12(11)20(27)17-14(19)9-10-15-18(17)24-22(23-15)31-21(28)13-7-3-4-8-16(13)25(29)30/h1-10H,(H,23,24). The second kappa shape index (κ2) is 6.99. The maximum Gasteiger partial charge on any atom is 0.281 e. The second-order valence-electron chi connectivity index (χ2n) is 6.79. The Bertz CT molecular complexity index is 1460. The summed E-state index contributed by atoms with van der Waals surface area (Å²) in [6.45, 7) is 0. The van der Waals surface area contributed by atoms with E-state index < -0.39 is 10.0 Å². The molecule has 1 heterocycles. The van der Waals surface area contributed by atoms with Crippen LogP contribution in [0.4, 0.5) is 5.69 Å². The first kappa shape index (κ1) is 18.9. The number of H-pyrrole nitrogens is 1. The third-order valence-electron chi connectivity index (χ3n) is 5.04. The minimum absolute atomic E-state index is 0.0554. The molecule has 4 aromatic rings. The van der Waals surface area contributed by atoms with Gasteiger partial charge in [0.25, 0.3) is 5.69 Å². The van der Waals surface area contributed by atoms with Gasteiger partial charge in [0.1, 0.15) is 5.56 Å². The number of nitrogens with zero attached hydrogens (tertiary/aromatic N) is 2. The summed E-state index contributed by atoms with van der Waals surface area (Å²) < 4.78 is 0. The van der Waals surface area contributed by atoms with Gasteiger partial charge in [-0.25, -0.2) is 4.98 Å². The van der Waals surface area contributed by atoms with E-state index in [2.05, 4.69) is 9.97 Å². The van der Waals surface area contributed by atoms with Gasteiger partial charge >= 0.3 is 0 Å². The monoisotopic (exact) mass is 429 g/mol. The van der Waals surface area contributed by atoms with Crippen LogP contribution in [0, 0.1) is 10.1 Å². The Hall–Kier alpha value is -4.11. The Morgan fingerprint density at radius 3 is 2.32 bits per heavy atom. The molecule has 0 atom stereocenters. The van der Waals surface area contributed by atoms with Crippen LogP contribution in [0.5, 0.6) is 0 Å². The number of nitro benzene ring substituents is 1. The van der Waals surface area contributed by atoms with Crippen molar-refractivity contribution in [1.29, 1.82) is 0 Å². The normalized spacial score (nSPS) is 12.5. The van der Waals surface area contributed by atoms with Crippen LogP contribution in [0.25, 0.3) is 11.0 Å². The molecule has 1 aliphatic carbocycles. The van der Waals surface area contributed by atoms with Crippen molar-refractivity contribution >= 4 is 45.2 Å². The quantitative estimate of drug-likeness (QED) is 0.259. The van der Waals surface area contributed by atoms with Crippen LogP contribution in [0.2, 0.25) is 0 Å². The molecule has 0 saturated heterocycles. The molecule has 1 N–H and O–H groups in total. The lowest BCUT2D eigenvalue weighted by Crippen LogP contribution is -2.21. The largest absolute Gasteiger partial charge is 0.332 e. The van der Waals surface area contributed by atoms with Crippen LogP contribution >= 0.6 is 11.8 Å². The van der Waals surface area contributed by atoms with Crippen molar-refractivity contribution in [1.82, 2.24) is 9.97 Å². The number of carbonyl (C=O) groups excluding carboxylic acids is 3. The highest BCUT2D eigenvalue weighted by Gasteiger charge is 2.32. The van der Waals surface area contributed by atoms with E-state index in [0.717, 1.165) is 0 Å². The fraction of sp³-hybridized carbons (Fsp3) is 0. The zero-order chi connectivity index (χ0) is 21.7. The van der Waals surface area contributed by atoms with E-state index in [1.54, 1.807) is 36.4 Å². The summed E-state index contributed by atoms with van der Waals surface area (Å²) >= 11 is 0.686. The number of nitro groups is 1. The van der Waals surface area contributed by atoms with Gasteiger partial charge in [0, 0.05) is 22.8 Å². The molecule has 3 aromatic carbocycles. The molecule has 0 amide bonds. The Kier molecular flexibility index (Phi) is 4.26. The number of thioether (sulfide) groups is 1. The number of rotatable bonds is 3. The van der Waals surface area contributed by atoms with Crippen molar-refractivity contribution in [3.63, 3.8) is 0 Å². The molecule has 5 rings (SSSR count). The number of fused-ring (bicyclic) bond motifs is 4. The fourth-order valence-electron chi connectivity index (χ4n) is 3.64. The third-order valence-corrected chi connectivity index (χ3v) is 5.83. The Labute approximate surface area is 178 Å². The maximum atomic E-state index is 13.1. The molecular weight excluding hydrogens is 418 g/mol. The number of ketones is 2. The first-order chi connectivity index (χ1) is 15.0.